The summed E-state index contributed by atoms with van der Waals surface area (Å²) in [5.41, 5.74) is 14.5. The maximum Gasteiger partial charge on any atom is 0.143 e. The molecule has 11 aromatic rings. The first kappa shape index (κ1) is 33.5. The molecule has 12 rings (SSSR count). The average Bonchev–Trinajstić information content (AvgIpc) is 3.84. The van der Waals surface area contributed by atoms with E-state index in [1.54, 1.807) is 0 Å². The first-order valence-electron chi connectivity index (χ1n) is 20.3. The molecule has 276 valence electrons. The predicted octanol–water partition coefficient (Wildman–Crippen LogP) is 15.4. The number of hydrogen-bond donors (Lipinski definition) is 0. The molecule has 0 spiro atoms. The highest BCUT2D eigenvalue weighted by Crippen LogP contribution is 2.57. The fourth-order valence-corrected chi connectivity index (χ4v) is 9.96. The number of para-hydroxylation sites is 2. The Morgan fingerprint density at radius 3 is 1.68 bits per heavy atom. The molecule has 1 aliphatic rings. The minimum absolute atomic E-state index is 0.487. The topological polar surface area (TPSA) is 16.4 Å². The van der Waals surface area contributed by atoms with Crippen LogP contribution in [0.5, 0.6) is 0 Å². The second-order valence-corrected chi connectivity index (χ2v) is 15.6. The van der Waals surface area contributed by atoms with Crippen molar-refractivity contribution in [3.05, 3.63) is 247 Å². The lowest BCUT2D eigenvalue weighted by molar-refractivity contribution is 0.674. The largest absolute Gasteiger partial charge is 0.455 e. The van der Waals surface area contributed by atoms with E-state index in [-0.39, 0.29) is 0 Å². The molecule has 0 radical (unpaired) electrons. The summed E-state index contributed by atoms with van der Waals surface area (Å²) >= 11 is 0. The van der Waals surface area contributed by atoms with Crippen LogP contribution < -0.4 is 4.90 Å². The summed E-state index contributed by atoms with van der Waals surface area (Å²) in [6.07, 6.45) is 0. The van der Waals surface area contributed by atoms with E-state index in [1.807, 2.05) is 0 Å². The molecule has 0 fully saturated rings. The third-order valence-electron chi connectivity index (χ3n) is 12.5. The molecular weight excluding hydrogens is 715 g/mol. The Balaban J connectivity index is 1.02. The third kappa shape index (κ3) is 5.00. The van der Waals surface area contributed by atoms with E-state index in [9.17, 15) is 0 Å². The molecule has 0 aliphatic heterocycles. The molecule has 0 amide bonds. The maximum absolute atomic E-state index is 6.93. The van der Waals surface area contributed by atoms with Crippen LogP contribution in [0.15, 0.2) is 229 Å². The van der Waals surface area contributed by atoms with Gasteiger partial charge in [-0.25, -0.2) is 0 Å². The minimum atomic E-state index is -0.487. The van der Waals surface area contributed by atoms with Crippen molar-refractivity contribution in [3.8, 4) is 22.3 Å². The van der Waals surface area contributed by atoms with Crippen molar-refractivity contribution in [2.45, 2.75) is 5.41 Å². The Hall–Kier alpha value is -7.68. The van der Waals surface area contributed by atoms with Crippen LogP contribution in [0.2, 0.25) is 0 Å². The van der Waals surface area contributed by atoms with Crippen molar-refractivity contribution in [2.24, 2.45) is 0 Å². The Morgan fingerprint density at radius 1 is 0.339 bits per heavy atom. The summed E-state index contributed by atoms with van der Waals surface area (Å²) in [5, 5.41) is 7.03. The minimum Gasteiger partial charge on any atom is -0.455 e. The summed E-state index contributed by atoms with van der Waals surface area (Å²) in [6, 6.07) is 81.6. The van der Waals surface area contributed by atoms with Gasteiger partial charge in [-0.15, -0.1) is 0 Å². The average molecular weight is 752 g/mol. The molecule has 0 saturated heterocycles. The lowest BCUT2D eigenvalue weighted by Crippen LogP contribution is -2.28. The van der Waals surface area contributed by atoms with E-state index in [0.29, 0.717) is 0 Å². The van der Waals surface area contributed by atoms with E-state index >= 15 is 0 Å². The number of benzene rings is 10. The van der Waals surface area contributed by atoms with Gasteiger partial charge < -0.3 is 9.32 Å². The van der Waals surface area contributed by atoms with Crippen LogP contribution in [0.4, 0.5) is 17.1 Å². The fraction of sp³-hybridized carbons (Fsp3) is 0.0175. The SMILES string of the molecule is c1ccc(N(c2ccc(-c3cccc4c3oc3c4ccc4ccc5ccccc5c43)cc2)c2ccc3c(c2)C(c2ccccc2)(c2ccccc2)c2ccccc2-3)cc1. The number of nitrogens with zero attached hydrogens (tertiary/aromatic N) is 1. The molecule has 0 bridgehead atoms. The van der Waals surface area contributed by atoms with Crippen LogP contribution in [0.1, 0.15) is 22.3 Å². The van der Waals surface area contributed by atoms with E-state index in [4.69, 9.17) is 4.42 Å². The van der Waals surface area contributed by atoms with Crippen molar-refractivity contribution in [1.29, 1.82) is 0 Å². The van der Waals surface area contributed by atoms with Gasteiger partial charge in [0.1, 0.15) is 11.2 Å². The highest BCUT2D eigenvalue weighted by atomic mass is 16.3. The Bertz CT molecular complexity index is 3330. The van der Waals surface area contributed by atoms with Gasteiger partial charge in [0.15, 0.2) is 0 Å². The van der Waals surface area contributed by atoms with Crippen LogP contribution in [0.25, 0.3) is 65.7 Å². The molecule has 1 aromatic heterocycles. The van der Waals surface area contributed by atoms with Gasteiger partial charge in [0.05, 0.1) is 5.41 Å². The monoisotopic (exact) mass is 751 g/mol. The van der Waals surface area contributed by atoms with Gasteiger partial charge in [-0.1, -0.05) is 182 Å². The number of anilines is 3. The van der Waals surface area contributed by atoms with Crippen molar-refractivity contribution in [2.75, 3.05) is 4.90 Å². The van der Waals surface area contributed by atoms with Crippen molar-refractivity contribution in [3.63, 3.8) is 0 Å². The van der Waals surface area contributed by atoms with Crippen LogP contribution in [0, 0.1) is 0 Å². The number of hydrogen-bond acceptors (Lipinski definition) is 2. The fourth-order valence-electron chi connectivity index (χ4n) is 9.96. The predicted molar refractivity (Wildman–Crippen MR) is 246 cm³/mol. The summed E-state index contributed by atoms with van der Waals surface area (Å²) in [7, 11) is 0. The zero-order valence-corrected chi connectivity index (χ0v) is 32.2. The number of rotatable bonds is 6. The summed E-state index contributed by atoms with van der Waals surface area (Å²) in [5.74, 6) is 0. The molecule has 2 nitrogen and oxygen atoms in total. The standard InChI is InChI=1S/C57H37NO/c1-4-16-41(17-5-1)57(42-18-6-2-7-19-42)52-26-13-12-23-48(52)49-36-34-45(37-53(49)57)58(43-20-8-3-9-21-43)44-32-29-39(30-33-44)47-24-14-25-50-51-35-31-40-28-27-38-15-10-11-22-46(38)54(40)56(51)59-55(47)50/h1-37H. The number of furan rings is 1. The third-order valence-corrected chi connectivity index (χ3v) is 12.5. The van der Waals surface area contributed by atoms with Crippen LogP contribution in [-0.4, -0.2) is 0 Å². The molecule has 1 heterocycles. The zero-order valence-electron chi connectivity index (χ0n) is 32.2. The van der Waals surface area contributed by atoms with Crippen LogP contribution in [-0.2, 0) is 5.41 Å². The lowest BCUT2D eigenvalue weighted by atomic mass is 9.67. The smallest absolute Gasteiger partial charge is 0.143 e. The number of fused-ring (bicyclic) bond motifs is 10. The summed E-state index contributed by atoms with van der Waals surface area (Å²) in [4.78, 5) is 2.38. The van der Waals surface area contributed by atoms with E-state index in [2.05, 4.69) is 229 Å². The molecule has 0 atom stereocenters. The Labute approximate surface area is 342 Å². The first-order chi connectivity index (χ1) is 29.3. The van der Waals surface area contributed by atoms with Gasteiger partial charge >= 0.3 is 0 Å². The lowest BCUT2D eigenvalue weighted by Gasteiger charge is -2.35. The Kier molecular flexibility index (Phi) is 7.48. The van der Waals surface area contributed by atoms with E-state index in [1.165, 1.54) is 49.5 Å². The summed E-state index contributed by atoms with van der Waals surface area (Å²) in [6.45, 7) is 0. The quantitative estimate of drug-likeness (QED) is 0.157. The van der Waals surface area contributed by atoms with E-state index < -0.39 is 5.41 Å². The van der Waals surface area contributed by atoms with E-state index in [0.717, 1.165) is 55.5 Å². The van der Waals surface area contributed by atoms with Crippen LogP contribution in [0.3, 0.4) is 0 Å². The van der Waals surface area contributed by atoms with Gasteiger partial charge in [0, 0.05) is 38.8 Å². The molecule has 0 N–H and O–H groups in total. The van der Waals surface area contributed by atoms with Crippen LogP contribution >= 0.6 is 0 Å². The molecule has 0 saturated carbocycles. The maximum atomic E-state index is 6.93. The highest BCUT2D eigenvalue weighted by Gasteiger charge is 2.46. The van der Waals surface area contributed by atoms with Gasteiger partial charge in [-0.3, -0.25) is 0 Å². The molecule has 10 aromatic carbocycles. The normalized spacial score (nSPS) is 12.9. The molecule has 2 heteroatoms. The van der Waals surface area contributed by atoms with Gasteiger partial charge in [-0.2, -0.15) is 0 Å². The first-order valence-corrected chi connectivity index (χ1v) is 20.3. The molecule has 1 aliphatic carbocycles. The second kappa shape index (κ2) is 13.2. The second-order valence-electron chi connectivity index (χ2n) is 15.6. The molecular formula is C57H37NO. The molecule has 59 heavy (non-hydrogen) atoms. The summed E-state index contributed by atoms with van der Waals surface area (Å²) < 4.78 is 6.93. The van der Waals surface area contributed by atoms with Crippen molar-refractivity contribution >= 4 is 60.5 Å². The Morgan fingerprint density at radius 2 is 0.898 bits per heavy atom. The zero-order chi connectivity index (χ0) is 38.9. The van der Waals surface area contributed by atoms with Gasteiger partial charge in [0.25, 0.3) is 0 Å². The van der Waals surface area contributed by atoms with Crippen molar-refractivity contribution in [1.82, 2.24) is 0 Å². The highest BCUT2D eigenvalue weighted by molar-refractivity contribution is 6.24. The van der Waals surface area contributed by atoms with Crippen molar-refractivity contribution < 1.29 is 4.42 Å². The van der Waals surface area contributed by atoms with Gasteiger partial charge in [-0.05, 0) is 97.6 Å². The molecule has 0 unspecified atom stereocenters. The van der Waals surface area contributed by atoms with Gasteiger partial charge in [0.2, 0.25) is 0 Å².